The van der Waals surface area contributed by atoms with Gasteiger partial charge in [-0.25, -0.2) is 0 Å². The quantitative estimate of drug-likeness (QED) is 0.882. The highest BCUT2D eigenvalue weighted by molar-refractivity contribution is 5.11. The predicted octanol–water partition coefficient (Wildman–Crippen LogP) is 1.10. The minimum Gasteiger partial charge on any atom is -0.391 e. The molecule has 0 aromatic carbocycles. The molecule has 3 atom stereocenters. The fourth-order valence-electron chi connectivity index (χ4n) is 3.21. The summed E-state index contributed by atoms with van der Waals surface area (Å²) in [4.78, 5) is 6.60. The first kappa shape index (κ1) is 13.0. The Hall–Kier alpha value is -0.970. The average molecular weight is 262 g/mol. The van der Waals surface area contributed by atoms with E-state index in [1.807, 2.05) is 12.3 Å². The molecular formula is C15H22N2O2. The van der Waals surface area contributed by atoms with Crippen LogP contribution in [0.1, 0.15) is 18.4 Å². The predicted molar refractivity (Wildman–Crippen MR) is 72.9 cm³/mol. The van der Waals surface area contributed by atoms with Crippen molar-refractivity contribution in [2.75, 3.05) is 26.3 Å². The topological polar surface area (TPSA) is 45.6 Å². The first-order valence-electron chi connectivity index (χ1n) is 7.21. The van der Waals surface area contributed by atoms with Gasteiger partial charge in [0.15, 0.2) is 0 Å². The standard InChI is InChI=1S/C15H22N2O2/c18-15-3-6-17(10-13-4-7-19-11-13)14(15)8-12-2-1-5-16-9-12/h1-2,5,9,13-15,18H,3-4,6-8,10-11H2/t13-,14+,15+/m1/s1. The van der Waals surface area contributed by atoms with Crippen molar-refractivity contribution in [3.05, 3.63) is 30.1 Å². The third-order valence-electron chi connectivity index (χ3n) is 4.31. The number of likely N-dealkylation sites (tertiary alicyclic amines) is 1. The van der Waals surface area contributed by atoms with Crippen LogP contribution in [0.3, 0.4) is 0 Å². The Morgan fingerprint density at radius 2 is 2.37 bits per heavy atom. The summed E-state index contributed by atoms with van der Waals surface area (Å²) in [6, 6.07) is 4.30. The van der Waals surface area contributed by atoms with Gasteiger partial charge >= 0.3 is 0 Å². The summed E-state index contributed by atoms with van der Waals surface area (Å²) in [6.07, 6.45) is 6.43. The molecule has 3 rings (SSSR count). The maximum absolute atomic E-state index is 10.2. The van der Waals surface area contributed by atoms with E-state index in [1.54, 1.807) is 6.20 Å². The first-order valence-corrected chi connectivity index (χ1v) is 7.21. The number of pyridine rings is 1. The van der Waals surface area contributed by atoms with E-state index >= 15 is 0 Å². The molecule has 1 N–H and O–H groups in total. The van der Waals surface area contributed by atoms with Crippen LogP contribution in [0.15, 0.2) is 24.5 Å². The molecule has 0 aliphatic carbocycles. The summed E-state index contributed by atoms with van der Waals surface area (Å²) in [6.45, 7) is 3.84. The molecule has 2 aliphatic heterocycles. The van der Waals surface area contributed by atoms with Crippen molar-refractivity contribution in [2.24, 2.45) is 5.92 Å². The fraction of sp³-hybridized carbons (Fsp3) is 0.667. The van der Waals surface area contributed by atoms with Gasteiger partial charge in [-0.2, -0.15) is 0 Å². The maximum Gasteiger partial charge on any atom is 0.0710 e. The van der Waals surface area contributed by atoms with Crippen LogP contribution in [0, 0.1) is 5.92 Å². The summed E-state index contributed by atoms with van der Waals surface area (Å²) in [5.41, 5.74) is 1.21. The summed E-state index contributed by atoms with van der Waals surface area (Å²) in [5, 5.41) is 10.2. The molecule has 0 saturated carbocycles. The number of aromatic nitrogens is 1. The normalized spacial score (nSPS) is 31.9. The van der Waals surface area contributed by atoms with Gasteiger partial charge in [0.25, 0.3) is 0 Å². The van der Waals surface area contributed by atoms with Crippen LogP contribution in [0.25, 0.3) is 0 Å². The Bertz CT molecular complexity index is 392. The van der Waals surface area contributed by atoms with Crippen LogP contribution >= 0.6 is 0 Å². The lowest BCUT2D eigenvalue weighted by Gasteiger charge is -2.28. The highest BCUT2D eigenvalue weighted by Gasteiger charge is 2.34. The summed E-state index contributed by atoms with van der Waals surface area (Å²) in [5.74, 6) is 0.640. The van der Waals surface area contributed by atoms with E-state index in [4.69, 9.17) is 4.74 Å². The molecule has 3 heterocycles. The fourth-order valence-corrected chi connectivity index (χ4v) is 3.21. The number of aliphatic hydroxyl groups is 1. The molecule has 0 amide bonds. The minimum absolute atomic E-state index is 0.206. The number of hydrogen-bond donors (Lipinski definition) is 1. The Labute approximate surface area is 114 Å². The molecule has 2 aliphatic rings. The van der Waals surface area contributed by atoms with Crippen molar-refractivity contribution in [1.82, 2.24) is 9.88 Å². The van der Waals surface area contributed by atoms with E-state index < -0.39 is 0 Å². The third-order valence-corrected chi connectivity index (χ3v) is 4.31. The van der Waals surface area contributed by atoms with Gasteiger partial charge in [-0.15, -0.1) is 0 Å². The number of nitrogens with zero attached hydrogens (tertiary/aromatic N) is 2. The number of ether oxygens (including phenoxy) is 1. The largest absolute Gasteiger partial charge is 0.391 e. The Morgan fingerprint density at radius 3 is 3.11 bits per heavy atom. The lowest BCUT2D eigenvalue weighted by atomic mass is 10.0. The number of aliphatic hydroxyl groups excluding tert-OH is 1. The van der Waals surface area contributed by atoms with Crippen LogP contribution < -0.4 is 0 Å². The van der Waals surface area contributed by atoms with Crippen molar-refractivity contribution in [1.29, 1.82) is 0 Å². The van der Waals surface area contributed by atoms with Crippen LogP contribution in [0.2, 0.25) is 0 Å². The summed E-state index contributed by atoms with van der Waals surface area (Å²) >= 11 is 0. The van der Waals surface area contributed by atoms with E-state index in [-0.39, 0.29) is 12.1 Å². The molecule has 2 fully saturated rings. The molecule has 1 aromatic rings. The second-order valence-corrected chi connectivity index (χ2v) is 5.71. The minimum atomic E-state index is -0.206. The molecule has 0 spiro atoms. The highest BCUT2D eigenvalue weighted by atomic mass is 16.5. The monoisotopic (exact) mass is 262 g/mol. The molecular weight excluding hydrogens is 240 g/mol. The average Bonchev–Trinajstić information content (AvgIpc) is 3.05. The summed E-state index contributed by atoms with van der Waals surface area (Å²) in [7, 11) is 0. The smallest absolute Gasteiger partial charge is 0.0710 e. The zero-order chi connectivity index (χ0) is 13.1. The van der Waals surface area contributed by atoms with Crippen molar-refractivity contribution in [2.45, 2.75) is 31.4 Å². The number of hydrogen-bond acceptors (Lipinski definition) is 4. The van der Waals surface area contributed by atoms with Crippen molar-refractivity contribution in [3.63, 3.8) is 0 Å². The summed E-state index contributed by atoms with van der Waals surface area (Å²) < 4.78 is 5.45. The van der Waals surface area contributed by atoms with Gasteiger partial charge in [-0.05, 0) is 36.8 Å². The molecule has 104 valence electrons. The molecule has 0 radical (unpaired) electrons. The van der Waals surface area contributed by atoms with Crippen molar-refractivity contribution in [3.8, 4) is 0 Å². The molecule has 19 heavy (non-hydrogen) atoms. The van der Waals surface area contributed by atoms with Crippen LogP contribution in [-0.4, -0.2) is 53.4 Å². The highest BCUT2D eigenvalue weighted by Crippen LogP contribution is 2.24. The molecule has 4 heteroatoms. The van der Waals surface area contributed by atoms with Gasteiger partial charge in [-0.3, -0.25) is 9.88 Å². The first-order chi connectivity index (χ1) is 9.33. The maximum atomic E-state index is 10.2. The molecule has 0 bridgehead atoms. The number of rotatable bonds is 4. The van der Waals surface area contributed by atoms with E-state index in [0.717, 1.165) is 45.6 Å². The van der Waals surface area contributed by atoms with Gasteiger partial charge in [0.2, 0.25) is 0 Å². The van der Waals surface area contributed by atoms with Crippen LogP contribution in [0.4, 0.5) is 0 Å². The van der Waals surface area contributed by atoms with Gasteiger partial charge in [0, 0.05) is 38.1 Å². The van der Waals surface area contributed by atoms with Crippen molar-refractivity contribution >= 4 is 0 Å². The Kier molecular flexibility index (Phi) is 4.11. The lowest BCUT2D eigenvalue weighted by molar-refractivity contribution is 0.103. The van der Waals surface area contributed by atoms with E-state index in [1.165, 1.54) is 5.56 Å². The van der Waals surface area contributed by atoms with Crippen LogP contribution in [0.5, 0.6) is 0 Å². The second kappa shape index (κ2) is 5.99. The zero-order valence-electron chi connectivity index (χ0n) is 11.2. The van der Waals surface area contributed by atoms with E-state index in [2.05, 4.69) is 16.0 Å². The lowest BCUT2D eigenvalue weighted by Crippen LogP contribution is -2.40. The van der Waals surface area contributed by atoms with Gasteiger partial charge in [-0.1, -0.05) is 6.07 Å². The van der Waals surface area contributed by atoms with Gasteiger partial charge in [0.1, 0.15) is 0 Å². The molecule has 2 saturated heterocycles. The van der Waals surface area contributed by atoms with Gasteiger partial charge < -0.3 is 9.84 Å². The van der Waals surface area contributed by atoms with E-state index in [9.17, 15) is 5.11 Å². The van der Waals surface area contributed by atoms with Gasteiger partial charge in [0.05, 0.1) is 12.7 Å². The SMILES string of the molecule is O[C@H]1CCN(C[C@H]2CCOC2)[C@H]1Cc1cccnc1. The third kappa shape index (κ3) is 3.14. The van der Waals surface area contributed by atoms with Crippen molar-refractivity contribution < 1.29 is 9.84 Å². The van der Waals surface area contributed by atoms with E-state index in [0.29, 0.717) is 5.92 Å². The molecule has 0 unspecified atom stereocenters. The molecule has 1 aromatic heterocycles. The second-order valence-electron chi connectivity index (χ2n) is 5.71. The molecule has 4 nitrogen and oxygen atoms in total. The zero-order valence-corrected chi connectivity index (χ0v) is 11.2. The Balaban J connectivity index is 1.63. The van der Waals surface area contributed by atoms with Crippen LogP contribution in [-0.2, 0) is 11.2 Å². The Morgan fingerprint density at radius 1 is 1.42 bits per heavy atom.